The summed E-state index contributed by atoms with van der Waals surface area (Å²) in [5, 5.41) is 4.11. The molecule has 2 N–H and O–H groups in total. The highest BCUT2D eigenvalue weighted by atomic mass is 16.5. The Labute approximate surface area is 109 Å². The summed E-state index contributed by atoms with van der Waals surface area (Å²) in [7, 11) is 0. The molecule has 1 aliphatic carbocycles. The summed E-state index contributed by atoms with van der Waals surface area (Å²) in [6.07, 6.45) is 5.85. The Morgan fingerprint density at radius 2 is 1.89 bits per heavy atom. The Morgan fingerprint density at radius 3 is 2.44 bits per heavy atom. The summed E-state index contributed by atoms with van der Waals surface area (Å²) in [5.41, 5.74) is 5.91. The predicted octanol–water partition coefficient (Wildman–Crippen LogP) is 2.08. The first-order chi connectivity index (χ1) is 8.75. The van der Waals surface area contributed by atoms with Crippen LogP contribution in [0.5, 0.6) is 0 Å². The van der Waals surface area contributed by atoms with E-state index in [0.717, 1.165) is 31.8 Å². The number of rotatable bonds is 5. The third-order valence-corrected chi connectivity index (χ3v) is 4.12. The van der Waals surface area contributed by atoms with Crippen LogP contribution in [0.15, 0.2) is 4.52 Å². The van der Waals surface area contributed by atoms with Crippen molar-refractivity contribution >= 4 is 5.95 Å². The smallest absolute Gasteiger partial charge is 0.266 e. The van der Waals surface area contributed by atoms with E-state index in [0.29, 0.717) is 12.5 Å². The minimum Gasteiger partial charge on any atom is -0.339 e. The topological polar surface area (TPSA) is 68.2 Å². The average Bonchev–Trinajstić information content (AvgIpc) is 2.91. The van der Waals surface area contributed by atoms with E-state index in [-0.39, 0.29) is 5.41 Å². The van der Waals surface area contributed by atoms with E-state index in [1.54, 1.807) is 0 Å². The SMILES string of the molecule is CCN(CC)c1noc(C2(CN)CCCCC2)n1. The fraction of sp³-hybridized carbons (Fsp3) is 0.846. The predicted molar refractivity (Wildman–Crippen MR) is 71.7 cm³/mol. The molecule has 5 heteroatoms. The van der Waals surface area contributed by atoms with Crippen LogP contribution in [0.1, 0.15) is 51.8 Å². The Hall–Kier alpha value is -1.10. The van der Waals surface area contributed by atoms with Crippen molar-refractivity contribution < 1.29 is 4.52 Å². The lowest BCUT2D eigenvalue weighted by atomic mass is 9.74. The zero-order valence-corrected chi connectivity index (χ0v) is 11.5. The van der Waals surface area contributed by atoms with Gasteiger partial charge >= 0.3 is 0 Å². The van der Waals surface area contributed by atoms with Crippen LogP contribution < -0.4 is 10.6 Å². The quantitative estimate of drug-likeness (QED) is 0.869. The summed E-state index contributed by atoms with van der Waals surface area (Å²) in [5.74, 6) is 1.44. The van der Waals surface area contributed by atoms with Gasteiger partial charge in [-0.2, -0.15) is 4.98 Å². The normalized spacial score (nSPS) is 18.8. The maximum Gasteiger partial charge on any atom is 0.266 e. The highest BCUT2D eigenvalue weighted by molar-refractivity contribution is 5.28. The summed E-state index contributed by atoms with van der Waals surface area (Å²) >= 11 is 0. The minimum atomic E-state index is -0.0728. The lowest BCUT2D eigenvalue weighted by Crippen LogP contribution is -2.37. The number of hydrogen-bond donors (Lipinski definition) is 1. The maximum atomic E-state index is 5.98. The molecule has 1 aromatic rings. The van der Waals surface area contributed by atoms with Gasteiger partial charge in [0.1, 0.15) is 0 Å². The second-order valence-corrected chi connectivity index (χ2v) is 5.12. The zero-order chi connectivity index (χ0) is 13.0. The molecular formula is C13H24N4O. The van der Waals surface area contributed by atoms with E-state index in [2.05, 4.69) is 28.9 Å². The molecule has 1 saturated carbocycles. The standard InChI is InChI=1S/C13H24N4O/c1-3-17(4-2)12-15-11(18-16-12)13(10-14)8-6-5-7-9-13/h3-10,14H2,1-2H3. The number of nitrogens with two attached hydrogens (primary N) is 1. The number of hydrogen-bond acceptors (Lipinski definition) is 5. The molecule has 0 atom stereocenters. The van der Waals surface area contributed by atoms with Crippen LogP contribution in [0, 0.1) is 0 Å². The largest absolute Gasteiger partial charge is 0.339 e. The van der Waals surface area contributed by atoms with Gasteiger partial charge in [0.05, 0.1) is 5.41 Å². The monoisotopic (exact) mass is 252 g/mol. The van der Waals surface area contributed by atoms with E-state index in [4.69, 9.17) is 10.3 Å². The fourth-order valence-corrected chi connectivity index (χ4v) is 2.80. The Balaban J connectivity index is 2.21. The van der Waals surface area contributed by atoms with Crippen LogP contribution in [0.2, 0.25) is 0 Å². The number of aromatic nitrogens is 2. The average molecular weight is 252 g/mol. The molecule has 0 amide bonds. The summed E-state index contributed by atoms with van der Waals surface area (Å²) < 4.78 is 5.50. The molecule has 5 nitrogen and oxygen atoms in total. The summed E-state index contributed by atoms with van der Waals surface area (Å²) in [4.78, 5) is 6.68. The van der Waals surface area contributed by atoms with Gasteiger partial charge in [0.2, 0.25) is 5.89 Å². The van der Waals surface area contributed by atoms with E-state index in [1.165, 1.54) is 19.3 Å². The molecule has 0 bridgehead atoms. The molecule has 0 aromatic carbocycles. The maximum absolute atomic E-state index is 5.98. The van der Waals surface area contributed by atoms with Crippen LogP contribution in [0.3, 0.4) is 0 Å². The lowest BCUT2D eigenvalue weighted by Gasteiger charge is -2.32. The molecule has 0 radical (unpaired) electrons. The van der Waals surface area contributed by atoms with Gasteiger partial charge < -0.3 is 15.2 Å². The van der Waals surface area contributed by atoms with Gasteiger partial charge in [-0.15, -0.1) is 0 Å². The lowest BCUT2D eigenvalue weighted by molar-refractivity contribution is 0.220. The zero-order valence-electron chi connectivity index (χ0n) is 11.5. The van der Waals surface area contributed by atoms with Gasteiger partial charge in [0.25, 0.3) is 5.95 Å². The second kappa shape index (κ2) is 5.69. The van der Waals surface area contributed by atoms with Gasteiger partial charge in [-0.1, -0.05) is 19.3 Å². The van der Waals surface area contributed by atoms with Crippen LogP contribution in [-0.2, 0) is 5.41 Å². The van der Waals surface area contributed by atoms with Crippen molar-refractivity contribution in [1.29, 1.82) is 0 Å². The van der Waals surface area contributed by atoms with Crippen molar-refractivity contribution in [1.82, 2.24) is 10.1 Å². The Morgan fingerprint density at radius 1 is 1.22 bits per heavy atom. The highest BCUT2D eigenvalue weighted by Crippen LogP contribution is 2.38. The number of nitrogens with zero attached hydrogens (tertiary/aromatic N) is 3. The summed E-state index contributed by atoms with van der Waals surface area (Å²) in [6, 6.07) is 0. The van der Waals surface area contributed by atoms with Gasteiger partial charge in [-0.3, -0.25) is 0 Å². The number of anilines is 1. The van der Waals surface area contributed by atoms with Gasteiger partial charge in [-0.05, 0) is 31.8 Å². The molecule has 18 heavy (non-hydrogen) atoms. The van der Waals surface area contributed by atoms with Crippen LogP contribution in [0.4, 0.5) is 5.95 Å². The minimum absolute atomic E-state index is 0.0728. The molecule has 102 valence electrons. The van der Waals surface area contributed by atoms with Crippen molar-refractivity contribution in [3.05, 3.63) is 5.89 Å². The van der Waals surface area contributed by atoms with Gasteiger partial charge in [0.15, 0.2) is 0 Å². The first kappa shape index (κ1) is 13.3. The molecule has 2 rings (SSSR count). The second-order valence-electron chi connectivity index (χ2n) is 5.12. The molecule has 0 saturated heterocycles. The third kappa shape index (κ3) is 2.36. The molecule has 1 fully saturated rings. The van der Waals surface area contributed by atoms with Crippen molar-refractivity contribution in [3.63, 3.8) is 0 Å². The van der Waals surface area contributed by atoms with E-state index in [1.807, 2.05) is 0 Å². The third-order valence-electron chi connectivity index (χ3n) is 4.12. The molecular weight excluding hydrogens is 228 g/mol. The Bertz CT molecular complexity index is 367. The molecule has 1 aliphatic rings. The van der Waals surface area contributed by atoms with E-state index < -0.39 is 0 Å². The van der Waals surface area contributed by atoms with E-state index >= 15 is 0 Å². The first-order valence-corrected chi connectivity index (χ1v) is 7.05. The fourth-order valence-electron chi connectivity index (χ4n) is 2.80. The molecule has 1 aromatic heterocycles. The van der Waals surface area contributed by atoms with Crippen molar-refractivity contribution in [3.8, 4) is 0 Å². The van der Waals surface area contributed by atoms with Crippen molar-refractivity contribution in [2.24, 2.45) is 5.73 Å². The molecule has 0 aliphatic heterocycles. The Kier molecular flexibility index (Phi) is 4.22. The van der Waals surface area contributed by atoms with Crippen molar-refractivity contribution in [2.45, 2.75) is 51.4 Å². The van der Waals surface area contributed by atoms with Gasteiger partial charge in [-0.25, -0.2) is 0 Å². The van der Waals surface area contributed by atoms with Crippen molar-refractivity contribution in [2.75, 3.05) is 24.5 Å². The van der Waals surface area contributed by atoms with E-state index in [9.17, 15) is 0 Å². The highest BCUT2D eigenvalue weighted by Gasteiger charge is 2.38. The van der Waals surface area contributed by atoms with Crippen LogP contribution in [0.25, 0.3) is 0 Å². The molecule has 0 spiro atoms. The molecule has 1 heterocycles. The first-order valence-electron chi connectivity index (χ1n) is 7.05. The summed E-state index contributed by atoms with van der Waals surface area (Å²) in [6.45, 7) is 6.58. The van der Waals surface area contributed by atoms with Crippen LogP contribution >= 0.6 is 0 Å². The molecule has 0 unspecified atom stereocenters. The van der Waals surface area contributed by atoms with Crippen LogP contribution in [-0.4, -0.2) is 29.8 Å². The van der Waals surface area contributed by atoms with Gasteiger partial charge in [0, 0.05) is 19.6 Å².